The fourth-order valence-corrected chi connectivity index (χ4v) is 3.31. The van der Waals surface area contributed by atoms with Gasteiger partial charge in [-0.05, 0) is 45.1 Å². The highest BCUT2D eigenvalue weighted by Gasteiger charge is 2.25. The maximum atomic E-state index is 12.5. The van der Waals surface area contributed by atoms with Crippen molar-refractivity contribution >= 4 is 17.2 Å². The van der Waals surface area contributed by atoms with Crippen LogP contribution in [0.2, 0.25) is 0 Å². The molecule has 1 aliphatic rings. The summed E-state index contributed by atoms with van der Waals surface area (Å²) >= 11 is 1.43. The van der Waals surface area contributed by atoms with Crippen molar-refractivity contribution in [1.29, 1.82) is 0 Å². The number of amides is 1. The number of aliphatic hydroxyl groups is 1. The Labute approximate surface area is 130 Å². The summed E-state index contributed by atoms with van der Waals surface area (Å²) in [6.07, 6.45) is 2.54. The van der Waals surface area contributed by atoms with Gasteiger partial charge in [0.05, 0.1) is 16.4 Å². The number of hydrogen-bond acceptors (Lipinski definition) is 4. The molecule has 0 bridgehead atoms. The van der Waals surface area contributed by atoms with E-state index in [2.05, 4.69) is 23.8 Å². The van der Waals surface area contributed by atoms with Crippen LogP contribution in [0.1, 0.15) is 33.8 Å². The number of nitrogens with zero attached hydrogens (tertiary/aromatic N) is 2. The van der Waals surface area contributed by atoms with Crippen LogP contribution in [0.3, 0.4) is 0 Å². The molecule has 1 N–H and O–H groups in total. The first-order chi connectivity index (χ1) is 10.1. The summed E-state index contributed by atoms with van der Waals surface area (Å²) in [7, 11) is 4.02. The molecule has 5 heteroatoms. The second-order valence-electron chi connectivity index (χ2n) is 5.39. The predicted octanol–water partition coefficient (Wildman–Crippen LogP) is 1.65. The third-order valence-corrected chi connectivity index (χ3v) is 4.81. The SMILES string of the molecule is CN1CCC(N(C)C(=O)c2ccc(C#CCCO)s2)CC1. The zero-order valence-electron chi connectivity index (χ0n) is 12.6. The highest BCUT2D eigenvalue weighted by Crippen LogP contribution is 2.21. The van der Waals surface area contributed by atoms with Gasteiger partial charge in [0.2, 0.25) is 0 Å². The fourth-order valence-electron chi connectivity index (χ4n) is 2.45. The zero-order chi connectivity index (χ0) is 15.2. The molecule has 114 valence electrons. The molecule has 0 radical (unpaired) electrons. The molecule has 21 heavy (non-hydrogen) atoms. The second kappa shape index (κ2) is 7.60. The van der Waals surface area contributed by atoms with E-state index in [-0.39, 0.29) is 12.5 Å². The standard InChI is InChI=1S/C16H22N2O2S/c1-17-10-8-13(9-11-17)18(2)16(20)15-7-6-14(21-15)5-3-4-12-19/h6-7,13,19H,4,8-12H2,1-2H3. The average molecular weight is 306 g/mol. The van der Waals surface area contributed by atoms with Gasteiger partial charge in [0.25, 0.3) is 5.91 Å². The van der Waals surface area contributed by atoms with Gasteiger partial charge in [0, 0.05) is 19.5 Å². The number of aliphatic hydroxyl groups excluding tert-OH is 1. The van der Waals surface area contributed by atoms with Crippen molar-refractivity contribution < 1.29 is 9.90 Å². The van der Waals surface area contributed by atoms with E-state index < -0.39 is 0 Å². The van der Waals surface area contributed by atoms with Gasteiger partial charge in [0.1, 0.15) is 0 Å². The molecule has 0 aliphatic carbocycles. The maximum absolute atomic E-state index is 12.5. The summed E-state index contributed by atoms with van der Waals surface area (Å²) in [4.78, 5) is 18.3. The molecule has 0 atom stereocenters. The lowest BCUT2D eigenvalue weighted by Crippen LogP contribution is -2.44. The van der Waals surface area contributed by atoms with Crippen LogP contribution in [0.4, 0.5) is 0 Å². The van der Waals surface area contributed by atoms with E-state index in [9.17, 15) is 4.79 Å². The molecule has 0 spiro atoms. The summed E-state index contributed by atoms with van der Waals surface area (Å²) in [6, 6.07) is 4.06. The summed E-state index contributed by atoms with van der Waals surface area (Å²) < 4.78 is 0. The fraction of sp³-hybridized carbons (Fsp3) is 0.562. The van der Waals surface area contributed by atoms with E-state index in [4.69, 9.17) is 5.11 Å². The number of likely N-dealkylation sites (tertiary alicyclic amines) is 1. The number of piperidine rings is 1. The smallest absolute Gasteiger partial charge is 0.263 e. The topological polar surface area (TPSA) is 43.8 Å². The Morgan fingerprint density at radius 2 is 2.19 bits per heavy atom. The van der Waals surface area contributed by atoms with Crippen LogP contribution in [0.5, 0.6) is 0 Å². The Balaban J connectivity index is 1.98. The number of rotatable bonds is 3. The minimum Gasteiger partial charge on any atom is -0.395 e. The molecule has 1 aliphatic heterocycles. The van der Waals surface area contributed by atoms with Gasteiger partial charge in [-0.3, -0.25) is 4.79 Å². The molecule has 1 fully saturated rings. The predicted molar refractivity (Wildman–Crippen MR) is 85.5 cm³/mol. The van der Waals surface area contributed by atoms with E-state index in [0.29, 0.717) is 12.5 Å². The largest absolute Gasteiger partial charge is 0.395 e. The van der Waals surface area contributed by atoms with Gasteiger partial charge in [-0.15, -0.1) is 11.3 Å². The van der Waals surface area contributed by atoms with Crippen LogP contribution in [-0.2, 0) is 0 Å². The zero-order valence-corrected chi connectivity index (χ0v) is 13.4. The van der Waals surface area contributed by atoms with Crippen LogP contribution in [0, 0.1) is 11.8 Å². The van der Waals surface area contributed by atoms with Crippen molar-refractivity contribution in [3.05, 3.63) is 21.9 Å². The minimum absolute atomic E-state index is 0.0724. The van der Waals surface area contributed by atoms with Crippen molar-refractivity contribution in [2.45, 2.75) is 25.3 Å². The van der Waals surface area contributed by atoms with Crippen LogP contribution in [0.25, 0.3) is 0 Å². The lowest BCUT2D eigenvalue weighted by atomic mass is 10.0. The molecule has 0 aromatic carbocycles. The monoisotopic (exact) mass is 306 g/mol. The first-order valence-electron chi connectivity index (χ1n) is 7.27. The number of hydrogen-bond donors (Lipinski definition) is 1. The van der Waals surface area contributed by atoms with E-state index >= 15 is 0 Å². The number of thiophene rings is 1. The lowest BCUT2D eigenvalue weighted by Gasteiger charge is -2.34. The highest BCUT2D eigenvalue weighted by atomic mass is 32.1. The Hall–Kier alpha value is -1.35. The Kier molecular flexibility index (Phi) is 5.80. The lowest BCUT2D eigenvalue weighted by molar-refractivity contribution is 0.0664. The van der Waals surface area contributed by atoms with E-state index in [1.54, 1.807) is 0 Å². The van der Waals surface area contributed by atoms with Gasteiger partial charge in [-0.25, -0.2) is 0 Å². The number of carbonyl (C=O) groups is 1. The molecule has 1 amide bonds. The minimum atomic E-state index is 0.0724. The summed E-state index contributed by atoms with van der Waals surface area (Å²) in [6.45, 7) is 2.16. The molecule has 0 saturated carbocycles. The van der Waals surface area contributed by atoms with Crippen LogP contribution < -0.4 is 0 Å². The first-order valence-corrected chi connectivity index (χ1v) is 8.08. The third-order valence-electron chi connectivity index (χ3n) is 3.82. The van der Waals surface area contributed by atoms with Crippen LogP contribution in [-0.4, -0.2) is 60.6 Å². The summed E-state index contributed by atoms with van der Waals surface area (Å²) in [5.74, 6) is 5.95. The summed E-state index contributed by atoms with van der Waals surface area (Å²) in [5, 5.41) is 8.71. The van der Waals surface area contributed by atoms with E-state index in [1.807, 2.05) is 24.1 Å². The van der Waals surface area contributed by atoms with Crippen molar-refractivity contribution in [3.8, 4) is 11.8 Å². The third kappa shape index (κ3) is 4.31. The Morgan fingerprint density at radius 1 is 1.48 bits per heavy atom. The molecular formula is C16H22N2O2S. The molecule has 1 saturated heterocycles. The Morgan fingerprint density at radius 3 is 2.86 bits per heavy atom. The van der Waals surface area contributed by atoms with Gasteiger partial charge in [0.15, 0.2) is 0 Å². The maximum Gasteiger partial charge on any atom is 0.263 e. The normalized spacial score (nSPS) is 16.3. The average Bonchev–Trinajstić information content (AvgIpc) is 2.96. The van der Waals surface area contributed by atoms with Crippen molar-refractivity contribution in [3.63, 3.8) is 0 Å². The van der Waals surface area contributed by atoms with E-state index in [0.717, 1.165) is 35.7 Å². The van der Waals surface area contributed by atoms with Crippen molar-refractivity contribution in [2.24, 2.45) is 0 Å². The van der Waals surface area contributed by atoms with Crippen LogP contribution >= 0.6 is 11.3 Å². The molecule has 4 nitrogen and oxygen atoms in total. The van der Waals surface area contributed by atoms with E-state index in [1.165, 1.54) is 11.3 Å². The molecule has 0 unspecified atom stereocenters. The molecule has 2 heterocycles. The summed E-state index contributed by atoms with van der Waals surface area (Å²) in [5.41, 5.74) is 0. The van der Waals surface area contributed by atoms with Crippen molar-refractivity contribution in [2.75, 3.05) is 33.8 Å². The van der Waals surface area contributed by atoms with Gasteiger partial charge in [-0.1, -0.05) is 11.8 Å². The molecule has 2 rings (SSSR count). The Bertz CT molecular complexity index is 536. The quantitative estimate of drug-likeness (QED) is 0.864. The first kappa shape index (κ1) is 16.0. The van der Waals surface area contributed by atoms with Gasteiger partial charge < -0.3 is 14.9 Å². The van der Waals surface area contributed by atoms with Crippen LogP contribution in [0.15, 0.2) is 12.1 Å². The molecule has 1 aromatic rings. The molecule has 1 aromatic heterocycles. The van der Waals surface area contributed by atoms with Crippen molar-refractivity contribution in [1.82, 2.24) is 9.80 Å². The van der Waals surface area contributed by atoms with Gasteiger partial charge >= 0.3 is 0 Å². The number of carbonyl (C=O) groups excluding carboxylic acids is 1. The highest BCUT2D eigenvalue weighted by molar-refractivity contribution is 7.14. The van der Waals surface area contributed by atoms with Gasteiger partial charge in [-0.2, -0.15) is 0 Å². The second-order valence-corrected chi connectivity index (χ2v) is 6.47. The molecular weight excluding hydrogens is 284 g/mol.